The molecule has 0 atom stereocenters. The van der Waals surface area contributed by atoms with E-state index in [0.29, 0.717) is 5.75 Å². The molecule has 2 aromatic rings. The monoisotopic (exact) mass is 196 g/mol. The number of terminal acetylenes is 1. The third kappa shape index (κ3) is 1.82. The van der Waals surface area contributed by atoms with Gasteiger partial charge in [-0.2, -0.15) is 0 Å². The first-order valence-corrected chi connectivity index (χ1v) is 4.47. The third-order valence-electron chi connectivity index (χ3n) is 2.07. The van der Waals surface area contributed by atoms with Crippen LogP contribution in [0.3, 0.4) is 0 Å². The number of ether oxygens (including phenoxy) is 1. The first-order valence-electron chi connectivity index (χ1n) is 4.47. The minimum atomic E-state index is -0.675. The van der Waals surface area contributed by atoms with E-state index < -0.39 is 5.97 Å². The van der Waals surface area contributed by atoms with Gasteiger partial charge in [0.15, 0.2) is 0 Å². The number of benzene rings is 2. The summed E-state index contributed by atoms with van der Waals surface area (Å²) in [7, 11) is 0. The van der Waals surface area contributed by atoms with Gasteiger partial charge in [-0.15, -0.1) is 6.42 Å². The van der Waals surface area contributed by atoms with Crippen molar-refractivity contribution in [3.63, 3.8) is 0 Å². The Morgan fingerprint density at radius 3 is 2.67 bits per heavy atom. The summed E-state index contributed by atoms with van der Waals surface area (Å²) < 4.78 is 5.00. The molecule has 2 heteroatoms. The zero-order valence-corrected chi connectivity index (χ0v) is 7.94. The van der Waals surface area contributed by atoms with Crippen molar-refractivity contribution < 1.29 is 9.53 Å². The summed E-state index contributed by atoms with van der Waals surface area (Å²) in [6, 6.07) is 13.1. The average Bonchev–Trinajstić information content (AvgIpc) is 2.29. The quantitative estimate of drug-likeness (QED) is 0.303. The van der Waals surface area contributed by atoms with Gasteiger partial charge in [0.2, 0.25) is 0 Å². The molecule has 0 amide bonds. The molecule has 0 N–H and O–H groups in total. The van der Waals surface area contributed by atoms with Crippen molar-refractivity contribution >= 4 is 16.7 Å². The molecule has 0 aliphatic rings. The Morgan fingerprint density at radius 1 is 1.13 bits per heavy atom. The number of rotatable bonds is 1. The van der Waals surface area contributed by atoms with E-state index in [1.54, 1.807) is 6.07 Å². The predicted octanol–water partition coefficient (Wildman–Crippen LogP) is 2.38. The molecule has 2 nitrogen and oxygen atoms in total. The van der Waals surface area contributed by atoms with E-state index >= 15 is 0 Å². The molecule has 0 unspecified atom stereocenters. The van der Waals surface area contributed by atoms with E-state index in [2.05, 4.69) is 0 Å². The first-order chi connectivity index (χ1) is 7.31. The summed E-state index contributed by atoms with van der Waals surface area (Å²) >= 11 is 0. The summed E-state index contributed by atoms with van der Waals surface area (Å²) in [6.07, 6.45) is 4.94. The van der Waals surface area contributed by atoms with Crippen molar-refractivity contribution in [3.8, 4) is 18.1 Å². The SMILES string of the molecule is C#CC(=O)Oc1cccc2ccccc12. The zero-order chi connectivity index (χ0) is 10.7. The van der Waals surface area contributed by atoms with Gasteiger partial charge in [-0.25, -0.2) is 4.79 Å². The van der Waals surface area contributed by atoms with Crippen LogP contribution in [0.15, 0.2) is 42.5 Å². The van der Waals surface area contributed by atoms with E-state index in [9.17, 15) is 4.79 Å². The van der Waals surface area contributed by atoms with Gasteiger partial charge in [-0.05, 0) is 11.5 Å². The van der Waals surface area contributed by atoms with Crippen molar-refractivity contribution in [1.82, 2.24) is 0 Å². The number of hydrogen-bond acceptors (Lipinski definition) is 2. The summed E-state index contributed by atoms with van der Waals surface area (Å²) in [5, 5.41) is 1.89. The Kier molecular flexibility index (Phi) is 2.38. The number of carbonyl (C=O) groups excluding carboxylic acids is 1. The topological polar surface area (TPSA) is 26.3 Å². The minimum absolute atomic E-state index is 0.496. The lowest BCUT2D eigenvalue weighted by Gasteiger charge is -2.04. The van der Waals surface area contributed by atoms with Crippen LogP contribution in [-0.2, 0) is 4.79 Å². The molecular formula is C13H8O2. The Bertz CT molecular complexity index is 544. The molecule has 0 saturated carbocycles. The summed E-state index contributed by atoms with van der Waals surface area (Å²) in [4.78, 5) is 11.0. The summed E-state index contributed by atoms with van der Waals surface area (Å²) in [6.45, 7) is 0. The smallest absolute Gasteiger partial charge is 0.389 e. The van der Waals surface area contributed by atoms with Crippen LogP contribution >= 0.6 is 0 Å². The van der Waals surface area contributed by atoms with Crippen LogP contribution in [-0.4, -0.2) is 5.97 Å². The first kappa shape index (κ1) is 9.29. The molecule has 2 aromatic carbocycles. The van der Waals surface area contributed by atoms with Gasteiger partial charge < -0.3 is 4.74 Å². The van der Waals surface area contributed by atoms with E-state index in [1.165, 1.54) is 0 Å². The van der Waals surface area contributed by atoms with Crippen LogP contribution in [0.25, 0.3) is 10.8 Å². The maximum atomic E-state index is 11.0. The molecule has 0 bridgehead atoms. The highest BCUT2D eigenvalue weighted by atomic mass is 16.5. The van der Waals surface area contributed by atoms with Crippen LogP contribution in [0.1, 0.15) is 0 Å². The summed E-state index contributed by atoms with van der Waals surface area (Å²) in [5.41, 5.74) is 0. The Morgan fingerprint density at radius 2 is 1.87 bits per heavy atom. The van der Waals surface area contributed by atoms with Crippen molar-refractivity contribution in [2.75, 3.05) is 0 Å². The van der Waals surface area contributed by atoms with Gasteiger partial charge in [0, 0.05) is 11.3 Å². The number of fused-ring (bicyclic) bond motifs is 1. The van der Waals surface area contributed by atoms with Crippen LogP contribution in [0, 0.1) is 12.3 Å². The second-order valence-electron chi connectivity index (χ2n) is 3.01. The molecule has 72 valence electrons. The van der Waals surface area contributed by atoms with Gasteiger partial charge in [0.1, 0.15) is 5.75 Å². The van der Waals surface area contributed by atoms with E-state index in [-0.39, 0.29) is 0 Å². The maximum Gasteiger partial charge on any atom is 0.389 e. The minimum Gasteiger partial charge on any atom is -0.416 e. The molecule has 0 aromatic heterocycles. The Hall–Kier alpha value is -2.27. The van der Waals surface area contributed by atoms with Crippen molar-refractivity contribution in [2.45, 2.75) is 0 Å². The predicted molar refractivity (Wildman–Crippen MR) is 58.4 cm³/mol. The van der Waals surface area contributed by atoms with Gasteiger partial charge in [0.05, 0.1) is 0 Å². The Balaban J connectivity index is 2.52. The lowest BCUT2D eigenvalue weighted by atomic mass is 10.1. The summed E-state index contributed by atoms with van der Waals surface area (Å²) in [5.74, 6) is 1.74. The molecule has 0 aliphatic heterocycles. The fourth-order valence-corrected chi connectivity index (χ4v) is 1.41. The molecule has 0 aliphatic carbocycles. The van der Waals surface area contributed by atoms with E-state index in [1.807, 2.05) is 42.3 Å². The third-order valence-corrected chi connectivity index (χ3v) is 2.07. The molecular weight excluding hydrogens is 188 g/mol. The van der Waals surface area contributed by atoms with Gasteiger partial charge in [0.25, 0.3) is 0 Å². The van der Waals surface area contributed by atoms with Crippen LogP contribution < -0.4 is 4.74 Å². The van der Waals surface area contributed by atoms with Crippen LogP contribution in [0.2, 0.25) is 0 Å². The molecule has 0 fully saturated rings. The highest BCUT2D eigenvalue weighted by Gasteiger charge is 2.04. The average molecular weight is 196 g/mol. The number of esters is 1. The molecule has 0 radical (unpaired) electrons. The standard InChI is InChI=1S/C13H8O2/c1-2-13(14)15-12-9-5-7-10-6-3-4-8-11(10)12/h1,3-9H. The molecule has 15 heavy (non-hydrogen) atoms. The molecule has 0 saturated heterocycles. The van der Waals surface area contributed by atoms with Crippen molar-refractivity contribution in [1.29, 1.82) is 0 Å². The normalized spacial score (nSPS) is 9.53. The lowest BCUT2D eigenvalue weighted by Crippen LogP contribution is -2.03. The molecule has 0 heterocycles. The highest BCUT2D eigenvalue weighted by Crippen LogP contribution is 2.24. The second kappa shape index (κ2) is 3.85. The zero-order valence-electron chi connectivity index (χ0n) is 7.94. The van der Waals surface area contributed by atoms with Crippen molar-refractivity contribution in [3.05, 3.63) is 42.5 Å². The second-order valence-corrected chi connectivity index (χ2v) is 3.01. The van der Waals surface area contributed by atoms with Gasteiger partial charge in [-0.3, -0.25) is 0 Å². The van der Waals surface area contributed by atoms with Crippen molar-refractivity contribution in [2.24, 2.45) is 0 Å². The lowest BCUT2D eigenvalue weighted by molar-refractivity contribution is -0.127. The number of carbonyl (C=O) groups is 1. The number of hydrogen-bond donors (Lipinski definition) is 0. The van der Waals surface area contributed by atoms with E-state index in [0.717, 1.165) is 10.8 Å². The Labute approximate surface area is 87.5 Å². The largest absolute Gasteiger partial charge is 0.416 e. The fourth-order valence-electron chi connectivity index (χ4n) is 1.41. The van der Waals surface area contributed by atoms with Crippen LogP contribution in [0.4, 0.5) is 0 Å². The van der Waals surface area contributed by atoms with Gasteiger partial charge >= 0.3 is 5.97 Å². The van der Waals surface area contributed by atoms with Gasteiger partial charge in [-0.1, -0.05) is 36.4 Å². The fraction of sp³-hybridized carbons (Fsp3) is 0. The maximum absolute atomic E-state index is 11.0. The van der Waals surface area contributed by atoms with E-state index in [4.69, 9.17) is 11.2 Å². The highest BCUT2D eigenvalue weighted by molar-refractivity contribution is 5.94. The molecule has 0 spiro atoms. The van der Waals surface area contributed by atoms with Crippen LogP contribution in [0.5, 0.6) is 5.75 Å². The molecule has 2 rings (SSSR count).